The maximum atomic E-state index is 12.3. The number of ether oxygens (including phenoxy) is 1. The second kappa shape index (κ2) is 7.30. The number of fused-ring (bicyclic) bond motifs is 1. The minimum absolute atomic E-state index is 0.0545. The van der Waals surface area contributed by atoms with E-state index in [0.29, 0.717) is 18.1 Å². The van der Waals surface area contributed by atoms with Crippen LogP contribution in [-0.2, 0) is 0 Å². The molecule has 0 bridgehead atoms. The van der Waals surface area contributed by atoms with Crippen molar-refractivity contribution < 1.29 is 9.53 Å². The summed E-state index contributed by atoms with van der Waals surface area (Å²) in [5, 5.41) is 7.33. The molecule has 26 heavy (non-hydrogen) atoms. The van der Waals surface area contributed by atoms with Crippen molar-refractivity contribution in [3.63, 3.8) is 0 Å². The number of carbonyl (C=O) groups excluding carboxylic acids is 1. The van der Waals surface area contributed by atoms with Gasteiger partial charge in [-0.15, -0.1) is 11.3 Å². The molecule has 1 aromatic carbocycles. The Kier molecular flexibility index (Phi) is 4.88. The molecule has 2 aromatic heterocycles. The lowest BCUT2D eigenvalue weighted by Gasteiger charge is -2.34. The number of thiophene rings is 1. The molecular formula is C17H17ClN4O2S2. The maximum Gasteiger partial charge on any atom is 0.322 e. The molecule has 4 rings (SSSR count). The van der Waals surface area contributed by atoms with E-state index in [1.54, 1.807) is 18.4 Å². The number of nitrogens with one attached hydrogen (secondary N) is 1. The Labute approximate surface area is 164 Å². The summed E-state index contributed by atoms with van der Waals surface area (Å²) < 4.78 is 6.32. The molecule has 1 aliphatic rings. The van der Waals surface area contributed by atoms with Crippen LogP contribution in [0.25, 0.3) is 10.2 Å². The molecule has 1 saturated heterocycles. The predicted molar refractivity (Wildman–Crippen MR) is 108 cm³/mol. The van der Waals surface area contributed by atoms with Gasteiger partial charge in [0.2, 0.25) is 0 Å². The van der Waals surface area contributed by atoms with E-state index in [1.807, 2.05) is 34.5 Å². The molecular weight excluding hydrogens is 392 g/mol. The summed E-state index contributed by atoms with van der Waals surface area (Å²) in [6.07, 6.45) is 0. The van der Waals surface area contributed by atoms with Gasteiger partial charge in [-0.2, -0.15) is 0 Å². The molecule has 0 spiro atoms. The summed E-state index contributed by atoms with van der Waals surface area (Å²) in [4.78, 5) is 21.1. The largest absolute Gasteiger partial charge is 0.494 e. The van der Waals surface area contributed by atoms with Crippen LogP contribution in [0, 0.1) is 0 Å². The lowest BCUT2D eigenvalue weighted by molar-refractivity contribution is 0.208. The van der Waals surface area contributed by atoms with Gasteiger partial charge in [-0.25, -0.2) is 9.78 Å². The van der Waals surface area contributed by atoms with Gasteiger partial charge in [0, 0.05) is 26.2 Å². The lowest BCUT2D eigenvalue weighted by Crippen LogP contribution is -2.50. The van der Waals surface area contributed by atoms with Crippen LogP contribution >= 0.6 is 34.3 Å². The summed E-state index contributed by atoms with van der Waals surface area (Å²) in [6.45, 7) is 2.77. The molecule has 0 saturated carbocycles. The van der Waals surface area contributed by atoms with E-state index < -0.39 is 0 Å². The Balaban J connectivity index is 1.45. The number of benzene rings is 1. The van der Waals surface area contributed by atoms with Crippen molar-refractivity contribution in [1.82, 2.24) is 9.88 Å². The zero-order valence-electron chi connectivity index (χ0n) is 14.1. The Morgan fingerprint density at radius 3 is 2.77 bits per heavy atom. The summed E-state index contributed by atoms with van der Waals surface area (Å²) >= 11 is 9.38. The van der Waals surface area contributed by atoms with Crippen molar-refractivity contribution in [1.29, 1.82) is 0 Å². The van der Waals surface area contributed by atoms with E-state index in [4.69, 9.17) is 21.3 Å². The average molecular weight is 409 g/mol. The third-order valence-electron chi connectivity index (χ3n) is 4.26. The van der Waals surface area contributed by atoms with Crippen LogP contribution < -0.4 is 15.0 Å². The number of methoxy groups -OCH3 is 1. The SMILES string of the molecule is COc1ccc(Cl)c2sc(N3CCN(C(=O)Nc4cccs4)CC3)nc12. The van der Waals surface area contributed by atoms with Gasteiger partial charge in [0.25, 0.3) is 0 Å². The normalized spacial score (nSPS) is 14.7. The first-order valence-electron chi connectivity index (χ1n) is 8.13. The Hall–Kier alpha value is -2.03. The smallest absolute Gasteiger partial charge is 0.322 e. The van der Waals surface area contributed by atoms with E-state index in [0.717, 1.165) is 39.2 Å². The van der Waals surface area contributed by atoms with Crippen LogP contribution in [0.4, 0.5) is 14.9 Å². The van der Waals surface area contributed by atoms with E-state index in [1.165, 1.54) is 11.3 Å². The van der Waals surface area contributed by atoms with E-state index >= 15 is 0 Å². The highest BCUT2D eigenvalue weighted by Gasteiger charge is 2.24. The summed E-state index contributed by atoms with van der Waals surface area (Å²) in [5.41, 5.74) is 0.790. The summed E-state index contributed by atoms with van der Waals surface area (Å²) in [5.74, 6) is 0.723. The van der Waals surface area contributed by atoms with E-state index in [2.05, 4.69) is 10.2 Å². The second-order valence-electron chi connectivity index (χ2n) is 5.81. The van der Waals surface area contributed by atoms with Gasteiger partial charge in [-0.1, -0.05) is 22.9 Å². The first-order valence-corrected chi connectivity index (χ1v) is 10.2. The molecule has 3 heterocycles. The fourth-order valence-electron chi connectivity index (χ4n) is 2.88. The molecule has 1 fully saturated rings. The van der Waals surface area contributed by atoms with Gasteiger partial charge in [0.1, 0.15) is 11.3 Å². The first-order chi connectivity index (χ1) is 12.7. The molecule has 3 aromatic rings. The standard InChI is InChI=1S/C17H17ClN4O2S2/c1-24-12-5-4-11(18)15-14(12)20-17(26-15)22-8-6-21(7-9-22)16(23)19-13-3-2-10-25-13/h2-5,10H,6-9H2,1H3,(H,19,23). The van der Waals surface area contributed by atoms with E-state index in [9.17, 15) is 4.79 Å². The first kappa shape index (κ1) is 17.4. The summed E-state index contributed by atoms with van der Waals surface area (Å²) in [6, 6.07) is 7.43. The molecule has 0 atom stereocenters. The fourth-order valence-corrected chi connectivity index (χ4v) is 4.79. The molecule has 0 radical (unpaired) electrons. The number of urea groups is 1. The third-order valence-corrected chi connectivity index (χ3v) is 6.62. The van der Waals surface area contributed by atoms with E-state index in [-0.39, 0.29) is 6.03 Å². The third kappa shape index (κ3) is 3.32. The number of piperazine rings is 1. The molecule has 6 nitrogen and oxygen atoms in total. The van der Waals surface area contributed by atoms with Gasteiger partial charge in [0.15, 0.2) is 5.13 Å². The van der Waals surface area contributed by atoms with Crippen molar-refractivity contribution in [3.05, 3.63) is 34.7 Å². The van der Waals surface area contributed by atoms with Crippen LogP contribution in [0.15, 0.2) is 29.6 Å². The highest BCUT2D eigenvalue weighted by atomic mass is 35.5. The molecule has 1 aliphatic heterocycles. The topological polar surface area (TPSA) is 57.7 Å². The minimum atomic E-state index is -0.0545. The monoisotopic (exact) mass is 408 g/mol. The van der Waals surface area contributed by atoms with Crippen molar-refractivity contribution in [3.8, 4) is 5.75 Å². The zero-order chi connectivity index (χ0) is 18.1. The van der Waals surface area contributed by atoms with Gasteiger partial charge in [-0.05, 0) is 29.6 Å². The fraction of sp³-hybridized carbons (Fsp3) is 0.294. The van der Waals surface area contributed by atoms with Crippen LogP contribution in [0.2, 0.25) is 5.02 Å². The Morgan fingerprint density at radius 1 is 1.27 bits per heavy atom. The number of amides is 2. The Morgan fingerprint density at radius 2 is 2.08 bits per heavy atom. The molecule has 0 unspecified atom stereocenters. The highest BCUT2D eigenvalue weighted by Crippen LogP contribution is 2.38. The average Bonchev–Trinajstić information content (AvgIpc) is 3.32. The molecule has 2 amide bonds. The number of anilines is 2. The number of hydrogen-bond donors (Lipinski definition) is 1. The van der Waals surface area contributed by atoms with Gasteiger partial charge < -0.3 is 14.5 Å². The van der Waals surface area contributed by atoms with Crippen LogP contribution in [0.3, 0.4) is 0 Å². The molecule has 136 valence electrons. The number of hydrogen-bond acceptors (Lipinski definition) is 6. The maximum absolute atomic E-state index is 12.3. The van der Waals surface area contributed by atoms with Gasteiger partial charge in [0.05, 0.1) is 21.8 Å². The lowest BCUT2D eigenvalue weighted by atomic mass is 10.3. The van der Waals surface area contributed by atoms with Crippen molar-refractivity contribution >= 4 is 60.7 Å². The van der Waals surface area contributed by atoms with Crippen molar-refractivity contribution in [2.75, 3.05) is 43.5 Å². The van der Waals surface area contributed by atoms with Crippen molar-refractivity contribution in [2.45, 2.75) is 0 Å². The molecule has 9 heteroatoms. The molecule has 0 aliphatic carbocycles. The minimum Gasteiger partial charge on any atom is -0.494 e. The van der Waals surface area contributed by atoms with Crippen LogP contribution in [-0.4, -0.2) is 49.2 Å². The van der Waals surface area contributed by atoms with Gasteiger partial charge in [-0.3, -0.25) is 5.32 Å². The number of nitrogens with zero attached hydrogens (tertiary/aromatic N) is 3. The zero-order valence-corrected chi connectivity index (χ0v) is 16.5. The number of carbonyl (C=O) groups is 1. The number of halogens is 1. The van der Waals surface area contributed by atoms with Crippen LogP contribution in [0.5, 0.6) is 5.75 Å². The predicted octanol–water partition coefficient (Wildman–Crippen LogP) is 4.37. The number of aromatic nitrogens is 1. The van der Waals surface area contributed by atoms with Gasteiger partial charge >= 0.3 is 6.03 Å². The quantitative estimate of drug-likeness (QED) is 0.698. The molecule has 1 N–H and O–H groups in total. The second-order valence-corrected chi connectivity index (χ2v) is 8.14. The Bertz CT molecular complexity index is 920. The van der Waals surface area contributed by atoms with Crippen LogP contribution in [0.1, 0.15) is 0 Å². The summed E-state index contributed by atoms with van der Waals surface area (Å²) in [7, 11) is 1.63. The number of thiazole rings is 1. The highest BCUT2D eigenvalue weighted by molar-refractivity contribution is 7.22. The van der Waals surface area contributed by atoms with Crippen molar-refractivity contribution in [2.24, 2.45) is 0 Å². The number of rotatable bonds is 3.